The number of benzene rings is 1. The van der Waals surface area contributed by atoms with Gasteiger partial charge in [-0.3, -0.25) is 0 Å². The van der Waals surface area contributed by atoms with Crippen molar-refractivity contribution in [2.45, 2.75) is 4.90 Å². The van der Waals surface area contributed by atoms with Crippen LogP contribution in [0.4, 0.5) is 5.69 Å². The summed E-state index contributed by atoms with van der Waals surface area (Å²) in [6.07, 6.45) is 0. The van der Waals surface area contributed by atoms with Crippen LogP contribution in [0.25, 0.3) is 0 Å². The Bertz CT molecular complexity index is 184. The molecule has 1 aromatic rings. The van der Waals surface area contributed by atoms with Crippen molar-refractivity contribution >= 4 is 18.3 Å². The third-order valence-corrected chi connectivity index (χ3v) is 1.15. The Hall–Kier alpha value is -0.670. The molecular weight excluding hydrogens is 156 g/mol. The number of rotatable bonds is 0. The van der Waals surface area contributed by atoms with E-state index in [1.54, 1.807) is 0 Å². The van der Waals surface area contributed by atoms with E-state index in [0.717, 1.165) is 10.6 Å². The monoisotopic (exact) mass is 170 g/mol. The number of anilines is 1. The molecule has 0 aliphatic heterocycles. The van der Waals surface area contributed by atoms with Crippen LogP contribution < -0.4 is 11.1 Å². The maximum atomic E-state index is 5.41. The molecule has 0 bridgehead atoms. The van der Waals surface area contributed by atoms with E-state index in [1.807, 2.05) is 38.4 Å². The van der Waals surface area contributed by atoms with Crippen LogP contribution >= 0.6 is 12.6 Å². The van der Waals surface area contributed by atoms with Gasteiger partial charge in [0.1, 0.15) is 0 Å². The van der Waals surface area contributed by atoms with Crippen LogP contribution in [0.2, 0.25) is 0 Å². The van der Waals surface area contributed by atoms with Crippen LogP contribution in [-0.4, -0.2) is 14.1 Å². The lowest BCUT2D eigenvalue weighted by Gasteiger charge is -1.90. The molecule has 0 spiro atoms. The Morgan fingerprint density at radius 1 is 1.36 bits per heavy atom. The molecule has 0 atom stereocenters. The molecule has 1 rings (SSSR count). The number of hydrogen-bond acceptors (Lipinski definition) is 3. The first kappa shape index (κ1) is 10.3. The molecule has 0 aliphatic carbocycles. The van der Waals surface area contributed by atoms with Crippen LogP contribution in [0.1, 0.15) is 0 Å². The number of hydrogen-bond donors (Lipinski definition) is 3. The van der Waals surface area contributed by atoms with E-state index in [0.29, 0.717) is 0 Å². The van der Waals surface area contributed by atoms with Crippen LogP contribution in [-0.2, 0) is 0 Å². The minimum atomic E-state index is 0.762. The fraction of sp³-hybridized carbons (Fsp3) is 0.250. The minimum Gasteiger partial charge on any atom is -0.399 e. The lowest BCUT2D eigenvalue weighted by atomic mass is 10.3. The average Bonchev–Trinajstić information content (AvgIpc) is 1.88. The lowest BCUT2D eigenvalue weighted by molar-refractivity contribution is 1.02. The van der Waals surface area contributed by atoms with E-state index in [4.69, 9.17) is 5.73 Å². The van der Waals surface area contributed by atoms with Gasteiger partial charge >= 0.3 is 0 Å². The van der Waals surface area contributed by atoms with Crippen LogP contribution in [0.3, 0.4) is 0 Å². The van der Waals surface area contributed by atoms with E-state index < -0.39 is 0 Å². The van der Waals surface area contributed by atoms with Crippen molar-refractivity contribution in [1.82, 2.24) is 5.32 Å². The van der Waals surface area contributed by atoms with E-state index in [1.165, 1.54) is 0 Å². The second-order valence-corrected chi connectivity index (χ2v) is 2.61. The largest absolute Gasteiger partial charge is 0.399 e. The number of nitrogens with one attached hydrogen (secondary N) is 1. The second kappa shape index (κ2) is 6.07. The molecule has 1 aromatic carbocycles. The Balaban J connectivity index is 0.000000292. The fourth-order valence-electron chi connectivity index (χ4n) is 0.525. The maximum Gasteiger partial charge on any atom is 0.0325 e. The summed E-state index contributed by atoms with van der Waals surface area (Å²) in [6.45, 7) is 0. The first-order valence-electron chi connectivity index (χ1n) is 3.33. The van der Waals surface area contributed by atoms with Gasteiger partial charge in [-0.25, -0.2) is 0 Å². The zero-order valence-corrected chi connectivity index (χ0v) is 7.73. The van der Waals surface area contributed by atoms with E-state index in [9.17, 15) is 0 Å². The number of nitrogen functional groups attached to an aromatic ring is 1. The van der Waals surface area contributed by atoms with Gasteiger partial charge in [0, 0.05) is 10.6 Å². The van der Waals surface area contributed by atoms with Crippen LogP contribution in [0.5, 0.6) is 0 Å². The van der Waals surface area contributed by atoms with Crippen molar-refractivity contribution in [1.29, 1.82) is 0 Å². The van der Waals surface area contributed by atoms with E-state index in [-0.39, 0.29) is 0 Å². The number of nitrogens with two attached hydrogens (primary N) is 1. The predicted molar refractivity (Wildman–Crippen MR) is 53.1 cm³/mol. The fourth-order valence-corrected chi connectivity index (χ4v) is 0.760. The smallest absolute Gasteiger partial charge is 0.0325 e. The number of thiol groups is 1. The van der Waals surface area contributed by atoms with E-state index in [2.05, 4.69) is 17.9 Å². The molecule has 62 valence electrons. The van der Waals surface area contributed by atoms with Gasteiger partial charge < -0.3 is 11.1 Å². The Morgan fingerprint density at radius 2 is 1.91 bits per heavy atom. The topological polar surface area (TPSA) is 38.0 Å². The van der Waals surface area contributed by atoms with Gasteiger partial charge in [-0.1, -0.05) is 6.07 Å². The minimum absolute atomic E-state index is 0.762. The van der Waals surface area contributed by atoms with Crippen molar-refractivity contribution in [2.24, 2.45) is 0 Å². The summed E-state index contributed by atoms with van der Waals surface area (Å²) in [4.78, 5) is 0.907. The molecule has 3 heteroatoms. The molecule has 0 heterocycles. The Kier molecular flexibility index (Phi) is 5.70. The molecule has 3 N–H and O–H groups in total. The Morgan fingerprint density at radius 3 is 2.18 bits per heavy atom. The van der Waals surface area contributed by atoms with Gasteiger partial charge in [0.05, 0.1) is 0 Å². The molecule has 0 saturated carbocycles. The second-order valence-electron chi connectivity index (χ2n) is 2.09. The highest BCUT2D eigenvalue weighted by atomic mass is 32.1. The molecule has 11 heavy (non-hydrogen) atoms. The summed E-state index contributed by atoms with van der Waals surface area (Å²) in [5, 5.41) is 2.75. The molecule has 0 fully saturated rings. The third-order valence-electron chi connectivity index (χ3n) is 0.870. The van der Waals surface area contributed by atoms with Crippen molar-refractivity contribution in [3.63, 3.8) is 0 Å². The summed E-state index contributed by atoms with van der Waals surface area (Å²) in [5.74, 6) is 0. The summed E-state index contributed by atoms with van der Waals surface area (Å²) >= 11 is 4.07. The van der Waals surface area contributed by atoms with Crippen LogP contribution in [0.15, 0.2) is 29.2 Å². The van der Waals surface area contributed by atoms with Gasteiger partial charge in [-0.2, -0.15) is 0 Å². The average molecular weight is 170 g/mol. The molecule has 0 radical (unpaired) electrons. The standard InChI is InChI=1S/C6H7NS.C2H7N/c7-5-2-1-3-6(8)4-5;1-3-2/h1-4,8H,7H2;3H,1-2H3. The lowest BCUT2D eigenvalue weighted by Crippen LogP contribution is -1.89. The van der Waals surface area contributed by atoms with Gasteiger partial charge in [-0.05, 0) is 32.3 Å². The molecule has 2 nitrogen and oxygen atoms in total. The van der Waals surface area contributed by atoms with Gasteiger partial charge in [0.25, 0.3) is 0 Å². The molecule has 0 aliphatic rings. The zero-order chi connectivity index (χ0) is 8.69. The van der Waals surface area contributed by atoms with Crippen LogP contribution in [0, 0.1) is 0 Å². The SMILES string of the molecule is CNC.Nc1cccc(S)c1. The molecule has 0 aromatic heterocycles. The third kappa shape index (κ3) is 5.76. The summed E-state index contributed by atoms with van der Waals surface area (Å²) in [7, 11) is 3.75. The van der Waals surface area contributed by atoms with Gasteiger partial charge in [0.15, 0.2) is 0 Å². The summed E-state index contributed by atoms with van der Waals surface area (Å²) in [6, 6.07) is 7.40. The zero-order valence-electron chi connectivity index (χ0n) is 6.83. The molecule has 0 unspecified atom stereocenters. The summed E-state index contributed by atoms with van der Waals surface area (Å²) in [5.41, 5.74) is 6.17. The first-order valence-corrected chi connectivity index (χ1v) is 3.78. The normalized spacial score (nSPS) is 8.27. The highest BCUT2D eigenvalue weighted by Gasteiger charge is 1.82. The highest BCUT2D eigenvalue weighted by Crippen LogP contribution is 2.08. The maximum absolute atomic E-state index is 5.41. The van der Waals surface area contributed by atoms with Gasteiger partial charge in [-0.15, -0.1) is 12.6 Å². The van der Waals surface area contributed by atoms with Crippen molar-refractivity contribution in [2.75, 3.05) is 19.8 Å². The molecule has 0 saturated heterocycles. The van der Waals surface area contributed by atoms with Crippen molar-refractivity contribution in [3.05, 3.63) is 24.3 Å². The van der Waals surface area contributed by atoms with Gasteiger partial charge in [0.2, 0.25) is 0 Å². The molecule has 0 amide bonds. The van der Waals surface area contributed by atoms with Crippen molar-refractivity contribution in [3.8, 4) is 0 Å². The quantitative estimate of drug-likeness (QED) is 0.406. The van der Waals surface area contributed by atoms with E-state index >= 15 is 0 Å². The first-order chi connectivity index (χ1) is 5.20. The molecular formula is C8H14N2S. The van der Waals surface area contributed by atoms with Crippen molar-refractivity contribution < 1.29 is 0 Å². The highest BCUT2D eigenvalue weighted by molar-refractivity contribution is 7.80. The Labute approximate surface area is 73.2 Å². The predicted octanol–water partition coefficient (Wildman–Crippen LogP) is 1.39. The summed E-state index contributed by atoms with van der Waals surface area (Å²) < 4.78 is 0.